The first kappa shape index (κ1) is 54.8. The van der Waals surface area contributed by atoms with Gasteiger partial charge in [-0.05, 0) is 117 Å². The van der Waals surface area contributed by atoms with E-state index in [4.69, 9.17) is 25.3 Å². The summed E-state index contributed by atoms with van der Waals surface area (Å²) in [7, 11) is 0. The summed E-state index contributed by atoms with van der Waals surface area (Å²) in [6.07, 6.45) is 4.95. The van der Waals surface area contributed by atoms with E-state index < -0.39 is 108 Å². The number of rotatable bonds is 27. The number of aromatic nitrogens is 1. The smallest absolute Gasteiger partial charge is 0.362 e. The van der Waals surface area contributed by atoms with Crippen LogP contribution >= 0.6 is 0 Å². The van der Waals surface area contributed by atoms with Gasteiger partial charge in [-0.3, -0.25) is 24.5 Å². The number of nitrogens with zero attached hydrogens (tertiary/aromatic N) is 3. The molecular formula is C48H66N7O15+. The van der Waals surface area contributed by atoms with E-state index in [-0.39, 0.29) is 64.8 Å². The zero-order valence-electron chi connectivity index (χ0n) is 40.2. The summed E-state index contributed by atoms with van der Waals surface area (Å²) in [5.74, 6) is -8.23. The first-order valence-corrected chi connectivity index (χ1v) is 23.1. The van der Waals surface area contributed by atoms with Gasteiger partial charge in [0.2, 0.25) is 13.1 Å². The predicted molar refractivity (Wildman–Crippen MR) is 254 cm³/mol. The molecule has 0 radical (unpaired) electrons. The highest BCUT2D eigenvalue weighted by molar-refractivity contribution is 6.24. The number of carbonyl (C=O) groups is 6. The van der Waals surface area contributed by atoms with Crippen molar-refractivity contribution >= 4 is 59.4 Å². The van der Waals surface area contributed by atoms with Crippen LogP contribution in [0.25, 0.3) is 12.2 Å². The van der Waals surface area contributed by atoms with Gasteiger partial charge in [-0.2, -0.15) is 4.65 Å². The summed E-state index contributed by atoms with van der Waals surface area (Å²) in [5, 5.41) is 78.5. The lowest BCUT2D eigenvalue weighted by Gasteiger charge is -2.48. The third-order valence-electron chi connectivity index (χ3n) is 13.8. The molecule has 0 aromatic carbocycles. The number of aliphatic imine (C=N–C) groups is 2. The Labute approximate surface area is 403 Å². The summed E-state index contributed by atoms with van der Waals surface area (Å²) in [6.45, 7) is 5.98. The number of aliphatic carboxylic acids is 6. The molecule has 5 rings (SSSR count). The fraction of sp³-hybridized carbons (Fsp3) is 0.542. The molecule has 22 nitrogen and oxygen atoms in total. The van der Waals surface area contributed by atoms with Crippen LogP contribution in [0, 0.1) is 12.3 Å². The van der Waals surface area contributed by atoms with E-state index in [1.165, 1.54) is 0 Å². The summed E-state index contributed by atoms with van der Waals surface area (Å²) in [6, 6.07) is 1.25. The number of aryl methyl sites for hydroxylation is 1. The Morgan fingerprint density at radius 1 is 0.857 bits per heavy atom. The molecule has 70 heavy (non-hydrogen) atoms. The van der Waals surface area contributed by atoms with Crippen molar-refractivity contribution in [2.45, 2.75) is 109 Å². The molecule has 1 aromatic heterocycles. The summed E-state index contributed by atoms with van der Waals surface area (Å²) < 4.78 is 4.85. The number of allylic oxidation sites excluding steroid dienone is 5. The van der Waals surface area contributed by atoms with Crippen molar-refractivity contribution in [3.05, 3.63) is 68.2 Å². The number of hydroxylamine groups is 3. The third-order valence-corrected chi connectivity index (χ3v) is 13.8. The fourth-order valence-corrected chi connectivity index (χ4v) is 10.2. The highest BCUT2D eigenvalue weighted by Crippen LogP contribution is 2.48. The number of aliphatic hydroxyl groups excluding tert-OH is 1. The summed E-state index contributed by atoms with van der Waals surface area (Å²) in [4.78, 5) is 94.4. The number of aliphatic hydroxyl groups is 1. The molecule has 4 aliphatic rings. The number of hydrogen-bond acceptors (Lipinski definition) is 14. The van der Waals surface area contributed by atoms with Gasteiger partial charge in [0.25, 0.3) is 0 Å². The minimum atomic E-state index is -2.18. The maximum absolute atomic E-state index is 12.7. The molecular weight excluding hydrogens is 915 g/mol. The van der Waals surface area contributed by atoms with Crippen LogP contribution in [-0.4, -0.2) is 168 Å². The number of carboxylic acid groups (broad SMARTS) is 6. The van der Waals surface area contributed by atoms with Crippen LogP contribution in [0.1, 0.15) is 84.6 Å². The molecule has 12 N–H and O–H groups in total. The molecule has 5 heterocycles. The lowest BCUT2D eigenvalue weighted by Crippen LogP contribution is -2.72. The number of nitrogens with two attached hydrogens (primary N) is 1. The van der Waals surface area contributed by atoms with Crippen molar-refractivity contribution in [2.24, 2.45) is 21.1 Å². The van der Waals surface area contributed by atoms with Crippen molar-refractivity contribution in [3.63, 3.8) is 0 Å². The molecule has 0 spiro atoms. The number of H-pyrrole nitrogens is 1. The molecule has 4 unspecified atom stereocenters. The second kappa shape index (κ2) is 22.7. The second-order valence-electron chi connectivity index (χ2n) is 18.8. The van der Waals surface area contributed by atoms with Crippen molar-refractivity contribution in [1.29, 1.82) is 0 Å². The van der Waals surface area contributed by atoms with Crippen LogP contribution in [0.4, 0.5) is 0 Å². The van der Waals surface area contributed by atoms with E-state index in [0.717, 1.165) is 11.1 Å². The Morgan fingerprint density at radius 3 is 2.04 bits per heavy atom. The Balaban J connectivity index is 1.77. The predicted octanol–water partition coefficient (Wildman–Crippen LogP) is 0.986. The topological polar surface area (TPSA) is 353 Å². The average Bonchev–Trinajstić information content (AvgIpc) is 3.93. The molecule has 1 aromatic rings. The van der Waals surface area contributed by atoms with Gasteiger partial charge >= 0.3 is 35.8 Å². The van der Waals surface area contributed by atoms with Crippen molar-refractivity contribution in [1.82, 2.24) is 15.6 Å². The maximum Gasteiger partial charge on any atom is 0.362 e. The maximum atomic E-state index is 12.7. The largest absolute Gasteiger partial charge is 0.481 e. The number of nitrogens with one attached hydrogen (secondary N) is 3. The van der Waals surface area contributed by atoms with Gasteiger partial charge in [0, 0.05) is 42.7 Å². The minimum absolute atomic E-state index is 0.0225. The average molecular weight is 981 g/mol. The molecule has 8 bridgehead atoms. The number of quaternary nitrogens is 1. The van der Waals surface area contributed by atoms with Gasteiger partial charge in [0.15, 0.2) is 5.54 Å². The zero-order valence-corrected chi connectivity index (χ0v) is 40.2. The highest BCUT2D eigenvalue weighted by atomic mass is 16.7. The van der Waals surface area contributed by atoms with Crippen LogP contribution in [0.15, 0.2) is 61.9 Å². The third kappa shape index (κ3) is 12.6. The molecule has 0 saturated carbocycles. The van der Waals surface area contributed by atoms with Crippen LogP contribution in [0.3, 0.4) is 0 Å². The quantitative estimate of drug-likeness (QED) is 0.0333. The molecule has 0 aliphatic carbocycles. The summed E-state index contributed by atoms with van der Waals surface area (Å²) in [5.41, 5.74) is 7.02. The number of hydrogen-bond donors (Lipinski definition) is 11. The number of ether oxygens (including phenoxy) is 1. The molecule has 4 atom stereocenters. The molecule has 1 saturated heterocycles. The SMILES string of the molecule is CC1=C(CCC(=O)O)C2=CC3=NC(=CC4NC(C(C)OCCO)(C=c5[nH]c(cc5C)=CC1=N2)CC4(C)CCO[N+](CC(=O)O)(CC(=O)O)C(CNCCN)(CC(=O)O)CC(=O)O)C(C)=C3CCC(=O)O. The van der Waals surface area contributed by atoms with E-state index in [1.54, 1.807) is 6.08 Å². The van der Waals surface area contributed by atoms with Crippen molar-refractivity contribution in [3.8, 4) is 0 Å². The van der Waals surface area contributed by atoms with Gasteiger partial charge in [0.1, 0.15) is 19.4 Å². The summed E-state index contributed by atoms with van der Waals surface area (Å²) >= 11 is 0. The van der Waals surface area contributed by atoms with Gasteiger partial charge < -0.3 is 56.5 Å². The fourth-order valence-electron chi connectivity index (χ4n) is 10.2. The van der Waals surface area contributed by atoms with E-state index in [1.807, 2.05) is 58.9 Å². The molecule has 4 aliphatic heterocycles. The number of carboxylic acids is 6. The van der Waals surface area contributed by atoms with Crippen LogP contribution in [0.5, 0.6) is 0 Å². The van der Waals surface area contributed by atoms with E-state index in [2.05, 4.69) is 15.6 Å². The Morgan fingerprint density at radius 2 is 1.47 bits per heavy atom. The van der Waals surface area contributed by atoms with Gasteiger partial charge in [-0.1, -0.05) is 6.92 Å². The standard InChI is InChI=1S/C48H65N7O15/c1-27-16-31-17-34-28(2)32(6-8-40(57)58)36(52-34)18-37-33(7-9-41(59)60)29(3)35(53-37)19-39-46(5,25-48(54-39,20-38(27)51-31)30(4)69-15-13-56)10-14-70-55(23-44(65)66,24-45(67)68)47(21-42(61)62,22-43(63)64)26-50-12-11-49/h16-20,30,39,50,54,56H,6-15,21-26,49H2,1-5H3,(H6-,51,52,53,57,58,59,60,61,62,63,64,65,66,67,68)/p+1. The molecule has 22 heteroatoms. The second-order valence-corrected chi connectivity index (χ2v) is 18.8. The van der Waals surface area contributed by atoms with E-state index >= 15 is 0 Å². The van der Waals surface area contributed by atoms with E-state index in [9.17, 15) is 64.5 Å². The van der Waals surface area contributed by atoms with Gasteiger partial charge in [-0.25, -0.2) is 24.4 Å². The first-order chi connectivity index (χ1) is 32.9. The highest BCUT2D eigenvalue weighted by Gasteiger charge is 2.59. The van der Waals surface area contributed by atoms with Gasteiger partial charge in [0.05, 0.1) is 54.2 Å². The van der Waals surface area contributed by atoms with Crippen LogP contribution in [0.2, 0.25) is 0 Å². The molecule has 0 amide bonds. The van der Waals surface area contributed by atoms with Crippen molar-refractivity contribution in [2.75, 3.05) is 52.5 Å². The lowest BCUT2D eigenvalue weighted by molar-refractivity contribution is -1.13. The molecule has 1 fully saturated rings. The monoisotopic (exact) mass is 980 g/mol. The Bertz CT molecular complexity index is 2540. The van der Waals surface area contributed by atoms with E-state index in [0.29, 0.717) is 50.2 Å². The normalized spacial score (nSPS) is 21.6. The Kier molecular flexibility index (Phi) is 17.8. The Hall–Kier alpha value is -6.14. The van der Waals surface area contributed by atoms with Gasteiger partial charge in [-0.15, -0.1) is 0 Å². The first-order valence-electron chi connectivity index (χ1n) is 23.1. The number of aromatic amines is 1. The van der Waals surface area contributed by atoms with Crippen LogP contribution in [-0.2, 0) is 38.3 Å². The zero-order chi connectivity index (χ0) is 51.8. The van der Waals surface area contributed by atoms with Crippen molar-refractivity contribution < 1.29 is 78.7 Å². The lowest BCUT2D eigenvalue weighted by atomic mass is 9.74. The minimum Gasteiger partial charge on any atom is -0.481 e. The van der Waals surface area contributed by atoms with Crippen LogP contribution < -0.4 is 27.1 Å². The molecule has 382 valence electrons. The number of fused-ring (bicyclic) bond motifs is 6.